The number of rotatable bonds is 5. The normalized spacial score (nSPS) is 21.7. The molecular formula is C17H25NO4. The van der Waals surface area contributed by atoms with E-state index in [1.807, 2.05) is 25.1 Å². The summed E-state index contributed by atoms with van der Waals surface area (Å²) >= 11 is 0. The van der Waals surface area contributed by atoms with Crippen molar-refractivity contribution in [1.82, 2.24) is 4.90 Å². The number of carbonyl (C=O) groups is 1. The number of ether oxygens (including phenoxy) is 3. The van der Waals surface area contributed by atoms with Crippen LogP contribution < -0.4 is 9.47 Å². The van der Waals surface area contributed by atoms with Crippen LogP contribution in [0.25, 0.3) is 0 Å². The molecule has 0 saturated carbocycles. The first-order valence-electron chi connectivity index (χ1n) is 7.61. The van der Waals surface area contributed by atoms with Crippen molar-refractivity contribution in [2.75, 3.05) is 27.3 Å². The minimum absolute atomic E-state index is 0.297. The van der Waals surface area contributed by atoms with Gasteiger partial charge in [0.25, 0.3) is 0 Å². The molecule has 1 amide bonds. The lowest BCUT2D eigenvalue weighted by Crippen LogP contribution is -2.44. The van der Waals surface area contributed by atoms with Crippen LogP contribution in [0.2, 0.25) is 0 Å². The SMILES string of the molecule is COc1ccc(C2(C)CCN(C)C(=O)O2)cc1OCC(C)C. The van der Waals surface area contributed by atoms with Gasteiger partial charge in [0.2, 0.25) is 0 Å². The number of methoxy groups -OCH3 is 1. The molecule has 1 saturated heterocycles. The van der Waals surface area contributed by atoms with E-state index in [2.05, 4.69) is 13.8 Å². The van der Waals surface area contributed by atoms with E-state index in [-0.39, 0.29) is 6.09 Å². The second kappa shape index (κ2) is 6.46. The summed E-state index contributed by atoms with van der Waals surface area (Å²) in [4.78, 5) is 13.4. The van der Waals surface area contributed by atoms with Crippen molar-refractivity contribution < 1.29 is 19.0 Å². The molecule has 2 rings (SSSR count). The Labute approximate surface area is 132 Å². The van der Waals surface area contributed by atoms with Gasteiger partial charge in [-0.1, -0.05) is 19.9 Å². The van der Waals surface area contributed by atoms with E-state index < -0.39 is 5.60 Å². The molecule has 1 fully saturated rings. The van der Waals surface area contributed by atoms with E-state index in [9.17, 15) is 4.79 Å². The van der Waals surface area contributed by atoms with Crippen molar-refractivity contribution in [1.29, 1.82) is 0 Å². The maximum atomic E-state index is 11.9. The monoisotopic (exact) mass is 307 g/mol. The number of hydrogen-bond donors (Lipinski definition) is 0. The second-order valence-electron chi connectivity index (χ2n) is 6.34. The van der Waals surface area contributed by atoms with Gasteiger partial charge < -0.3 is 19.1 Å². The van der Waals surface area contributed by atoms with Crippen molar-refractivity contribution in [2.24, 2.45) is 5.92 Å². The number of nitrogens with zero attached hydrogens (tertiary/aromatic N) is 1. The van der Waals surface area contributed by atoms with E-state index in [0.29, 0.717) is 30.6 Å². The van der Waals surface area contributed by atoms with Crippen molar-refractivity contribution in [3.8, 4) is 11.5 Å². The Morgan fingerprint density at radius 1 is 1.36 bits per heavy atom. The Bertz CT molecular complexity index is 543. The molecule has 0 aromatic heterocycles. The average Bonchev–Trinajstić information content (AvgIpc) is 2.49. The highest BCUT2D eigenvalue weighted by atomic mass is 16.6. The minimum atomic E-state index is -0.633. The lowest BCUT2D eigenvalue weighted by Gasteiger charge is -2.38. The van der Waals surface area contributed by atoms with Gasteiger partial charge in [0.05, 0.1) is 13.7 Å². The van der Waals surface area contributed by atoms with Gasteiger partial charge in [0, 0.05) is 20.0 Å². The summed E-state index contributed by atoms with van der Waals surface area (Å²) in [5.41, 5.74) is 0.291. The quantitative estimate of drug-likeness (QED) is 0.836. The van der Waals surface area contributed by atoms with Crippen LogP contribution in [0.5, 0.6) is 11.5 Å². The maximum absolute atomic E-state index is 11.9. The molecule has 1 heterocycles. The van der Waals surface area contributed by atoms with Crippen LogP contribution in [0.3, 0.4) is 0 Å². The number of hydrogen-bond acceptors (Lipinski definition) is 4. The van der Waals surface area contributed by atoms with Crippen LogP contribution in [0, 0.1) is 5.92 Å². The zero-order valence-electron chi connectivity index (χ0n) is 14.0. The number of cyclic esters (lactones) is 1. The van der Waals surface area contributed by atoms with Gasteiger partial charge in [-0.3, -0.25) is 0 Å². The first kappa shape index (κ1) is 16.5. The number of benzene rings is 1. The molecule has 0 radical (unpaired) electrons. The third kappa shape index (κ3) is 3.46. The Balaban J connectivity index is 2.27. The van der Waals surface area contributed by atoms with Crippen LogP contribution >= 0.6 is 0 Å². The fraction of sp³-hybridized carbons (Fsp3) is 0.588. The highest BCUT2D eigenvalue weighted by molar-refractivity contribution is 5.69. The number of carbonyl (C=O) groups excluding carboxylic acids is 1. The van der Waals surface area contributed by atoms with Gasteiger partial charge in [-0.15, -0.1) is 0 Å². The molecule has 1 aliphatic rings. The third-order valence-corrected chi connectivity index (χ3v) is 3.89. The van der Waals surface area contributed by atoms with Crippen LogP contribution in [-0.2, 0) is 10.3 Å². The average molecular weight is 307 g/mol. The van der Waals surface area contributed by atoms with Gasteiger partial charge in [-0.25, -0.2) is 4.79 Å². The van der Waals surface area contributed by atoms with Gasteiger partial charge in [0.1, 0.15) is 5.60 Å². The molecule has 1 atom stereocenters. The van der Waals surface area contributed by atoms with Crippen LogP contribution in [-0.4, -0.2) is 38.3 Å². The molecule has 0 spiro atoms. The topological polar surface area (TPSA) is 48.0 Å². The van der Waals surface area contributed by atoms with Gasteiger partial charge in [0.15, 0.2) is 11.5 Å². The molecule has 1 aliphatic heterocycles. The van der Waals surface area contributed by atoms with Crippen molar-refractivity contribution in [3.05, 3.63) is 23.8 Å². The van der Waals surface area contributed by atoms with E-state index in [0.717, 1.165) is 12.0 Å². The Hall–Kier alpha value is -1.91. The largest absolute Gasteiger partial charge is 0.493 e. The van der Waals surface area contributed by atoms with Crippen molar-refractivity contribution in [2.45, 2.75) is 32.8 Å². The molecule has 1 unspecified atom stereocenters. The van der Waals surface area contributed by atoms with Gasteiger partial charge in [-0.2, -0.15) is 0 Å². The molecule has 22 heavy (non-hydrogen) atoms. The first-order chi connectivity index (χ1) is 10.4. The molecule has 122 valence electrons. The van der Waals surface area contributed by atoms with E-state index in [1.165, 1.54) is 0 Å². The van der Waals surface area contributed by atoms with Gasteiger partial charge >= 0.3 is 6.09 Å². The number of amides is 1. The van der Waals surface area contributed by atoms with Gasteiger partial charge in [-0.05, 0) is 30.5 Å². The summed E-state index contributed by atoms with van der Waals surface area (Å²) in [6.45, 7) is 7.40. The summed E-state index contributed by atoms with van der Waals surface area (Å²) in [5.74, 6) is 1.79. The maximum Gasteiger partial charge on any atom is 0.410 e. The third-order valence-electron chi connectivity index (χ3n) is 3.89. The zero-order valence-corrected chi connectivity index (χ0v) is 14.0. The summed E-state index contributed by atoms with van der Waals surface area (Å²) in [6, 6.07) is 5.71. The summed E-state index contributed by atoms with van der Waals surface area (Å²) < 4.78 is 16.8. The molecule has 0 N–H and O–H groups in total. The summed E-state index contributed by atoms with van der Waals surface area (Å²) in [5, 5.41) is 0. The minimum Gasteiger partial charge on any atom is -0.493 e. The fourth-order valence-corrected chi connectivity index (χ4v) is 2.37. The highest BCUT2D eigenvalue weighted by Gasteiger charge is 2.37. The highest BCUT2D eigenvalue weighted by Crippen LogP contribution is 2.38. The predicted molar refractivity (Wildman–Crippen MR) is 84.4 cm³/mol. The van der Waals surface area contributed by atoms with Crippen LogP contribution in [0.1, 0.15) is 32.8 Å². The first-order valence-corrected chi connectivity index (χ1v) is 7.61. The summed E-state index contributed by atoms with van der Waals surface area (Å²) in [6.07, 6.45) is 0.444. The van der Waals surface area contributed by atoms with E-state index in [1.54, 1.807) is 19.1 Å². The van der Waals surface area contributed by atoms with Crippen LogP contribution in [0.4, 0.5) is 4.79 Å². The molecule has 5 nitrogen and oxygen atoms in total. The smallest absolute Gasteiger partial charge is 0.410 e. The molecular weight excluding hydrogens is 282 g/mol. The van der Waals surface area contributed by atoms with E-state index >= 15 is 0 Å². The Morgan fingerprint density at radius 2 is 2.09 bits per heavy atom. The zero-order chi connectivity index (χ0) is 16.3. The second-order valence-corrected chi connectivity index (χ2v) is 6.34. The lowest BCUT2D eigenvalue weighted by atomic mass is 9.90. The fourth-order valence-electron chi connectivity index (χ4n) is 2.37. The summed E-state index contributed by atoms with van der Waals surface area (Å²) in [7, 11) is 3.36. The molecule has 0 bridgehead atoms. The van der Waals surface area contributed by atoms with Crippen molar-refractivity contribution in [3.63, 3.8) is 0 Å². The van der Waals surface area contributed by atoms with Crippen molar-refractivity contribution >= 4 is 6.09 Å². The molecule has 5 heteroatoms. The predicted octanol–water partition coefficient (Wildman–Crippen LogP) is 3.42. The van der Waals surface area contributed by atoms with E-state index in [4.69, 9.17) is 14.2 Å². The Kier molecular flexibility index (Phi) is 4.84. The molecule has 0 aliphatic carbocycles. The standard InChI is InChI=1S/C17H25NO4/c1-12(2)11-21-15-10-13(6-7-14(15)20-5)17(3)8-9-18(4)16(19)22-17/h6-7,10,12H,8-9,11H2,1-5H3. The Morgan fingerprint density at radius 3 is 2.68 bits per heavy atom. The lowest BCUT2D eigenvalue weighted by molar-refractivity contribution is -0.0352. The van der Waals surface area contributed by atoms with Crippen LogP contribution in [0.15, 0.2) is 18.2 Å². The molecule has 1 aromatic rings. The molecule has 1 aromatic carbocycles.